The number of benzene rings is 2. The van der Waals surface area contributed by atoms with Crippen molar-refractivity contribution in [2.75, 3.05) is 23.3 Å². The van der Waals surface area contributed by atoms with Gasteiger partial charge in [0.15, 0.2) is 0 Å². The molecule has 2 fully saturated rings. The van der Waals surface area contributed by atoms with Crippen LogP contribution in [0, 0.1) is 17.3 Å². The summed E-state index contributed by atoms with van der Waals surface area (Å²) in [5.41, 5.74) is -0.773. The first-order valence-corrected chi connectivity index (χ1v) is 13.8. The van der Waals surface area contributed by atoms with Crippen LogP contribution in [-0.4, -0.2) is 46.9 Å². The Kier molecular flexibility index (Phi) is 6.93. The third-order valence-electron chi connectivity index (χ3n) is 7.64. The Bertz CT molecular complexity index is 1340. The van der Waals surface area contributed by atoms with Gasteiger partial charge in [0, 0.05) is 38.9 Å². The van der Waals surface area contributed by atoms with Crippen LogP contribution < -0.4 is 10.2 Å². The molecule has 202 valence electrons. The maximum Gasteiger partial charge on any atom is 0.310 e. The number of carbonyl (C=O) groups is 3. The lowest BCUT2D eigenvalue weighted by Gasteiger charge is -2.36. The Morgan fingerprint density at radius 3 is 2.32 bits per heavy atom. The van der Waals surface area contributed by atoms with Crippen LogP contribution >= 0.6 is 46.4 Å². The zero-order valence-corrected chi connectivity index (χ0v) is 24.0. The van der Waals surface area contributed by atoms with E-state index in [4.69, 9.17) is 46.4 Å². The van der Waals surface area contributed by atoms with Crippen LogP contribution in [0.5, 0.6) is 0 Å². The van der Waals surface area contributed by atoms with E-state index in [9.17, 15) is 19.5 Å². The lowest BCUT2D eigenvalue weighted by Crippen LogP contribution is -2.53. The molecule has 3 heterocycles. The van der Waals surface area contributed by atoms with E-state index in [2.05, 4.69) is 5.32 Å². The van der Waals surface area contributed by atoms with Gasteiger partial charge in [0.2, 0.25) is 5.91 Å². The number of fused-ring (bicyclic) bond motifs is 4. The van der Waals surface area contributed by atoms with E-state index in [1.54, 1.807) is 29.2 Å². The quantitative estimate of drug-likeness (QED) is 0.430. The highest BCUT2D eigenvalue weighted by atomic mass is 35.5. The molecule has 0 bridgehead atoms. The van der Waals surface area contributed by atoms with E-state index in [1.165, 1.54) is 6.07 Å². The predicted octanol–water partition coefficient (Wildman–Crippen LogP) is 6.32. The lowest BCUT2D eigenvalue weighted by atomic mass is 9.73. The number of amides is 2. The van der Waals surface area contributed by atoms with Gasteiger partial charge in [-0.25, -0.2) is 0 Å². The third-order valence-corrected chi connectivity index (χ3v) is 8.59. The van der Waals surface area contributed by atoms with Gasteiger partial charge in [0.1, 0.15) is 11.5 Å². The van der Waals surface area contributed by atoms with E-state index in [-0.39, 0.29) is 22.0 Å². The minimum Gasteiger partial charge on any atom is -0.481 e. The first-order valence-electron chi connectivity index (χ1n) is 12.3. The standard InChI is InChI=1S/C27H27Cl4N3O4/c1-26(2,3)12-33(16-8-13(28)7-14(29)9-16)23(35)20-19-5-4-6-34(19)27(21(20)24(36)37)17-10-15(30)11-18(31)22(17)32-25(27)38/h7-11,19-21H,4-6,12H2,1-3H3,(H,32,38)(H,36,37)/t19-,20+,21-,27?/m0/s1. The largest absolute Gasteiger partial charge is 0.481 e. The average molecular weight is 599 g/mol. The molecular formula is C27H27Cl4N3O4. The smallest absolute Gasteiger partial charge is 0.310 e. The normalized spacial score (nSPS) is 26.4. The third kappa shape index (κ3) is 4.27. The van der Waals surface area contributed by atoms with Gasteiger partial charge in [0.05, 0.1) is 16.6 Å². The number of hydrogen-bond acceptors (Lipinski definition) is 4. The van der Waals surface area contributed by atoms with Crippen molar-refractivity contribution < 1.29 is 19.5 Å². The van der Waals surface area contributed by atoms with Crippen molar-refractivity contribution in [3.63, 3.8) is 0 Å². The topological polar surface area (TPSA) is 90.0 Å². The molecule has 0 aromatic heterocycles. The van der Waals surface area contributed by atoms with Gasteiger partial charge in [-0.15, -0.1) is 0 Å². The van der Waals surface area contributed by atoms with Crippen LogP contribution in [0.3, 0.4) is 0 Å². The van der Waals surface area contributed by atoms with E-state index in [0.29, 0.717) is 46.4 Å². The summed E-state index contributed by atoms with van der Waals surface area (Å²) >= 11 is 25.4. The highest BCUT2D eigenvalue weighted by Gasteiger charge is 2.71. The molecule has 0 radical (unpaired) electrons. The van der Waals surface area contributed by atoms with E-state index < -0.39 is 41.2 Å². The van der Waals surface area contributed by atoms with Crippen LogP contribution in [0.1, 0.15) is 39.2 Å². The van der Waals surface area contributed by atoms with Gasteiger partial charge in [-0.1, -0.05) is 67.2 Å². The van der Waals surface area contributed by atoms with Crippen LogP contribution in [0.25, 0.3) is 0 Å². The van der Waals surface area contributed by atoms with Crippen molar-refractivity contribution in [2.24, 2.45) is 17.3 Å². The van der Waals surface area contributed by atoms with E-state index in [1.807, 2.05) is 25.7 Å². The molecule has 1 unspecified atom stereocenters. The molecular weight excluding hydrogens is 572 g/mol. The van der Waals surface area contributed by atoms with Gasteiger partial charge in [-0.3, -0.25) is 19.3 Å². The highest BCUT2D eigenvalue weighted by Crippen LogP contribution is 2.59. The molecule has 4 atom stereocenters. The molecule has 5 rings (SSSR count). The monoisotopic (exact) mass is 597 g/mol. The average Bonchev–Trinajstić information content (AvgIpc) is 3.44. The Morgan fingerprint density at radius 2 is 1.71 bits per heavy atom. The van der Waals surface area contributed by atoms with Gasteiger partial charge in [-0.05, 0) is 55.1 Å². The predicted molar refractivity (Wildman–Crippen MR) is 149 cm³/mol. The Morgan fingerprint density at radius 1 is 1.08 bits per heavy atom. The van der Waals surface area contributed by atoms with Crippen molar-refractivity contribution in [1.82, 2.24) is 4.90 Å². The van der Waals surface area contributed by atoms with Gasteiger partial charge < -0.3 is 15.3 Å². The minimum absolute atomic E-state index is 0.218. The number of carboxylic acid groups (broad SMARTS) is 1. The summed E-state index contributed by atoms with van der Waals surface area (Å²) in [6.45, 7) is 6.69. The van der Waals surface area contributed by atoms with Crippen molar-refractivity contribution >= 4 is 75.6 Å². The molecule has 0 saturated carbocycles. The Hall–Kier alpha value is -2.03. The molecule has 2 N–H and O–H groups in total. The summed E-state index contributed by atoms with van der Waals surface area (Å²) in [7, 11) is 0. The fourth-order valence-electron chi connectivity index (χ4n) is 6.48. The molecule has 0 aliphatic carbocycles. The zero-order chi connectivity index (χ0) is 27.7. The van der Waals surface area contributed by atoms with Crippen LogP contribution in [0.15, 0.2) is 30.3 Å². The van der Waals surface area contributed by atoms with E-state index >= 15 is 0 Å². The fraction of sp³-hybridized carbons (Fsp3) is 0.444. The van der Waals surface area contributed by atoms with Crippen molar-refractivity contribution in [3.05, 3.63) is 56.0 Å². The van der Waals surface area contributed by atoms with Gasteiger partial charge in [0.25, 0.3) is 5.91 Å². The zero-order valence-electron chi connectivity index (χ0n) is 21.0. The fourth-order valence-corrected chi connectivity index (χ4v) is 7.53. The van der Waals surface area contributed by atoms with Crippen LogP contribution in [0.4, 0.5) is 11.4 Å². The molecule has 3 aliphatic rings. The summed E-state index contributed by atoms with van der Waals surface area (Å²) in [4.78, 5) is 44.9. The van der Waals surface area contributed by atoms with Crippen LogP contribution in [0.2, 0.25) is 20.1 Å². The maximum atomic E-state index is 14.6. The molecule has 2 aromatic carbocycles. The highest BCUT2D eigenvalue weighted by molar-refractivity contribution is 6.38. The van der Waals surface area contributed by atoms with Crippen molar-refractivity contribution in [3.8, 4) is 0 Å². The molecule has 3 aliphatic heterocycles. The number of carbonyl (C=O) groups excluding carboxylic acids is 2. The van der Waals surface area contributed by atoms with Gasteiger partial charge in [-0.2, -0.15) is 0 Å². The second-order valence-corrected chi connectivity index (χ2v) is 13.1. The number of halogens is 4. The molecule has 1 spiro atoms. The molecule has 38 heavy (non-hydrogen) atoms. The number of nitrogens with one attached hydrogen (secondary N) is 1. The summed E-state index contributed by atoms with van der Waals surface area (Å²) in [6.07, 6.45) is 1.28. The Balaban J connectivity index is 1.70. The first kappa shape index (κ1) is 27.5. The van der Waals surface area contributed by atoms with E-state index in [0.717, 1.165) is 0 Å². The second-order valence-electron chi connectivity index (χ2n) is 11.4. The molecule has 2 amide bonds. The Labute approximate surface area is 241 Å². The lowest BCUT2D eigenvalue weighted by molar-refractivity contribution is -0.152. The second kappa shape index (κ2) is 9.56. The number of aliphatic carboxylic acids is 1. The van der Waals surface area contributed by atoms with Gasteiger partial charge >= 0.3 is 5.97 Å². The number of carboxylic acids is 1. The summed E-state index contributed by atoms with van der Waals surface area (Å²) in [6, 6.07) is 7.47. The molecule has 2 saturated heterocycles. The molecule has 2 aromatic rings. The summed E-state index contributed by atoms with van der Waals surface area (Å²) in [5, 5.41) is 14.7. The minimum atomic E-state index is -1.63. The number of rotatable bonds is 4. The van der Waals surface area contributed by atoms with Crippen molar-refractivity contribution in [2.45, 2.75) is 45.2 Å². The molecule has 11 heteroatoms. The number of anilines is 2. The van der Waals surface area contributed by atoms with Crippen LogP contribution in [-0.2, 0) is 19.9 Å². The number of hydrogen-bond donors (Lipinski definition) is 2. The summed E-state index contributed by atoms with van der Waals surface area (Å²) < 4.78 is 0. The maximum absolute atomic E-state index is 14.6. The molecule has 7 nitrogen and oxygen atoms in total. The SMILES string of the molecule is CC(C)(C)CN(C(=O)[C@H]1[C@@H](C(=O)O)C2(C(=O)Nc3c(Cl)cc(Cl)cc32)N2CCC[C@@H]12)c1cc(Cl)cc(Cl)c1. The first-order chi connectivity index (χ1) is 17.8. The van der Waals surface area contributed by atoms with Crippen molar-refractivity contribution in [1.29, 1.82) is 0 Å². The summed E-state index contributed by atoms with van der Waals surface area (Å²) in [5.74, 6) is -4.55. The number of nitrogens with zero attached hydrogens (tertiary/aromatic N) is 2.